The van der Waals surface area contributed by atoms with Gasteiger partial charge in [-0.25, -0.2) is 0 Å². The molecular weight excluding hydrogens is 486 g/mol. The summed E-state index contributed by atoms with van der Waals surface area (Å²) in [7, 11) is 1.07. The number of rotatable bonds is 11. The maximum Gasteiger partial charge on any atom is -0.0127 e. The van der Waals surface area contributed by atoms with Gasteiger partial charge < -0.3 is 0 Å². The van der Waals surface area contributed by atoms with Gasteiger partial charge >= 0.3 is 92.4 Å². The van der Waals surface area contributed by atoms with Crippen LogP contribution in [0.1, 0.15) is 146 Å². The summed E-state index contributed by atoms with van der Waals surface area (Å²) in [4.78, 5) is 0. The predicted molar refractivity (Wildman–Crippen MR) is 142 cm³/mol. The van der Waals surface area contributed by atoms with Crippen LogP contribution in [0.2, 0.25) is 13.3 Å². The minimum atomic E-state index is -0.839. The maximum absolute atomic E-state index is 2.50. The van der Waals surface area contributed by atoms with Gasteiger partial charge in [0.2, 0.25) is 0 Å². The average Bonchev–Trinajstić information content (AvgIpc) is 3.31. The molecule has 2 aliphatic carbocycles. The Kier molecular flexibility index (Phi) is 15.3. The van der Waals surface area contributed by atoms with Crippen molar-refractivity contribution in [1.29, 1.82) is 0 Å². The van der Waals surface area contributed by atoms with E-state index in [0.29, 0.717) is 0 Å². The zero-order valence-corrected chi connectivity index (χ0v) is 24.6. The fraction of sp³-hybridized carbons (Fsp3) is 0.857. The molecule has 2 fully saturated rings. The van der Waals surface area contributed by atoms with Crippen molar-refractivity contribution in [3.63, 3.8) is 0 Å². The molecule has 0 N–H and O–H groups in total. The second-order valence-electron chi connectivity index (χ2n) is 10.1. The van der Waals surface area contributed by atoms with Crippen molar-refractivity contribution in [2.45, 2.75) is 149 Å². The van der Waals surface area contributed by atoms with E-state index in [9.17, 15) is 0 Å². The Balaban J connectivity index is 0.000000224. The van der Waals surface area contributed by atoms with E-state index >= 15 is 0 Å². The van der Waals surface area contributed by atoms with Crippen molar-refractivity contribution in [2.75, 3.05) is 0 Å². The third-order valence-electron chi connectivity index (χ3n) is 7.47. The van der Waals surface area contributed by atoms with E-state index in [4.69, 9.17) is 0 Å². The monoisotopic (exact) mass is 539 g/mol. The summed E-state index contributed by atoms with van der Waals surface area (Å²) < 4.78 is 5.04. The van der Waals surface area contributed by atoms with E-state index in [0.717, 1.165) is 20.0 Å². The molecule has 1 aromatic rings. The number of hydrogen-bond donors (Lipinski definition) is 0. The molecule has 0 aliphatic heterocycles. The van der Waals surface area contributed by atoms with E-state index in [-0.39, 0.29) is 0 Å². The molecule has 0 bridgehead atoms. The van der Waals surface area contributed by atoms with E-state index in [1.54, 1.807) is 13.3 Å². The van der Waals surface area contributed by atoms with Gasteiger partial charge in [0.25, 0.3) is 0 Å². The third kappa shape index (κ3) is 10.5. The van der Waals surface area contributed by atoms with Gasteiger partial charge in [0.1, 0.15) is 0 Å². The minimum absolute atomic E-state index is 0.839. The summed E-state index contributed by atoms with van der Waals surface area (Å²) in [5, 5.41) is 3.62. The largest absolute Gasteiger partial charge is 0.133 e. The van der Waals surface area contributed by atoms with Gasteiger partial charge in [-0.2, -0.15) is 0 Å². The van der Waals surface area contributed by atoms with Crippen molar-refractivity contribution in [3.05, 3.63) is 22.7 Å². The van der Waals surface area contributed by atoms with Crippen molar-refractivity contribution in [1.82, 2.24) is 0 Å². The van der Waals surface area contributed by atoms with Crippen LogP contribution in [0.15, 0.2) is 12.1 Å². The zero-order chi connectivity index (χ0) is 21.4. The molecule has 2 saturated carbocycles. The molecule has 30 heavy (non-hydrogen) atoms. The number of unbranched alkanes of at least 4 members (excludes halogenated alkanes) is 3. The smallest absolute Gasteiger partial charge is 0.0127 e. The van der Waals surface area contributed by atoms with Gasteiger partial charge in [-0.15, -0.1) is 8.19 Å². The normalized spacial score (nSPS) is 18.4. The summed E-state index contributed by atoms with van der Waals surface area (Å²) in [5.41, 5.74) is 0. The average molecular weight is 538 g/mol. The molecule has 2 heteroatoms. The molecule has 0 aromatic carbocycles. The van der Waals surface area contributed by atoms with Gasteiger partial charge in [0.05, 0.1) is 0 Å². The van der Waals surface area contributed by atoms with Crippen LogP contribution >= 0.6 is 8.19 Å². The van der Waals surface area contributed by atoms with Crippen LogP contribution in [0.5, 0.6) is 0 Å². The first-order valence-electron chi connectivity index (χ1n) is 13.8. The fourth-order valence-electron chi connectivity index (χ4n) is 5.39. The van der Waals surface area contributed by atoms with Crippen LogP contribution in [-0.2, 0) is 0 Å². The van der Waals surface area contributed by atoms with Crippen molar-refractivity contribution in [3.8, 4) is 0 Å². The Morgan fingerprint density at radius 1 is 0.633 bits per heavy atom. The second kappa shape index (κ2) is 17.1. The molecule has 3 rings (SSSR count). The molecule has 1 heterocycles. The van der Waals surface area contributed by atoms with Gasteiger partial charge in [-0.3, -0.25) is 0 Å². The molecule has 0 nitrogen and oxygen atoms in total. The molecular formula is C28H52PSn. The van der Waals surface area contributed by atoms with Gasteiger partial charge in [0, 0.05) is 0 Å². The summed E-state index contributed by atoms with van der Waals surface area (Å²) >= 11 is -0.839. The summed E-state index contributed by atoms with van der Waals surface area (Å²) in [5.74, 6) is 1.92. The molecule has 0 saturated heterocycles. The van der Waals surface area contributed by atoms with E-state index in [1.165, 1.54) is 103 Å². The fourth-order valence-corrected chi connectivity index (χ4v) is 16.5. The summed E-state index contributed by atoms with van der Waals surface area (Å²) in [6.07, 6.45) is 23.6. The van der Waals surface area contributed by atoms with Crippen LogP contribution in [0.4, 0.5) is 0 Å². The molecule has 1 radical (unpaired) electrons. The molecule has 0 amide bonds. The van der Waals surface area contributed by atoms with Crippen molar-refractivity contribution < 1.29 is 0 Å². The van der Waals surface area contributed by atoms with Gasteiger partial charge in [-0.05, 0) is 48.1 Å². The predicted octanol–water partition coefficient (Wildman–Crippen LogP) is 10.7. The molecule has 0 unspecified atom stereocenters. The maximum atomic E-state index is 2.50. The molecule has 2 aliphatic rings. The standard InChI is InChI=1S/C16H25P.3C4H9.Sn/c1-3-7-13(8-4-1)15-11-12-16(17-15)14-9-5-2-6-10-14;3*1-3-4-2;/h11-14,17H,1-10H2;3*1,3-4H2,2H3;. The SMILES string of the molecule is CCC[CH2][Sn]([CH2]CCC)[CH2]CCC.c1cc(C2CCCCC2)[pH]c1C1CCCCC1. The van der Waals surface area contributed by atoms with E-state index < -0.39 is 19.8 Å². The molecule has 0 spiro atoms. The second-order valence-corrected chi connectivity index (χ2v) is 20.1. The summed E-state index contributed by atoms with van der Waals surface area (Å²) in [6, 6.07) is 5.00. The van der Waals surface area contributed by atoms with Crippen LogP contribution < -0.4 is 0 Å². The zero-order valence-electron chi connectivity index (χ0n) is 20.7. The molecule has 1 aromatic heterocycles. The third-order valence-corrected chi connectivity index (χ3v) is 18.3. The van der Waals surface area contributed by atoms with Crippen LogP contribution in [0.25, 0.3) is 0 Å². The Bertz CT molecular complexity index is 459. The quantitative estimate of drug-likeness (QED) is 0.246. The first-order valence-corrected chi connectivity index (χ1v) is 20.9. The van der Waals surface area contributed by atoms with Crippen LogP contribution in [0.3, 0.4) is 0 Å². The van der Waals surface area contributed by atoms with E-state index in [2.05, 4.69) is 32.9 Å². The Hall–Kier alpha value is 0.579. The van der Waals surface area contributed by atoms with Gasteiger partial charge in [-0.1, -0.05) is 50.7 Å². The van der Waals surface area contributed by atoms with E-state index in [1.807, 2.05) is 10.6 Å². The first kappa shape index (κ1) is 26.8. The Labute approximate surface area is 198 Å². The molecule has 0 atom stereocenters. The minimum Gasteiger partial charge on any atom is -0.133 e. The van der Waals surface area contributed by atoms with Crippen molar-refractivity contribution >= 4 is 28.0 Å². The Morgan fingerprint density at radius 2 is 1.00 bits per heavy atom. The van der Waals surface area contributed by atoms with Crippen LogP contribution in [0, 0.1) is 0 Å². The Morgan fingerprint density at radius 3 is 1.33 bits per heavy atom. The molecule has 173 valence electrons. The first-order chi connectivity index (χ1) is 14.8. The van der Waals surface area contributed by atoms with Crippen molar-refractivity contribution in [2.24, 2.45) is 0 Å². The number of hydrogen-bond acceptors (Lipinski definition) is 0. The van der Waals surface area contributed by atoms with Gasteiger partial charge in [0.15, 0.2) is 0 Å². The van der Waals surface area contributed by atoms with Crippen LogP contribution in [-0.4, -0.2) is 19.8 Å². The topological polar surface area (TPSA) is 0 Å². The summed E-state index contributed by atoms with van der Waals surface area (Å²) in [6.45, 7) is 7.00.